The first-order valence-corrected chi connectivity index (χ1v) is 7.28. The summed E-state index contributed by atoms with van der Waals surface area (Å²) in [5.74, 6) is 0.793. The van der Waals surface area contributed by atoms with Gasteiger partial charge in [-0.05, 0) is 58.3 Å². The quantitative estimate of drug-likeness (QED) is 0.360. The van der Waals surface area contributed by atoms with Crippen molar-refractivity contribution in [1.29, 1.82) is 0 Å². The Morgan fingerprint density at radius 3 is 2.95 bits per heavy atom. The highest BCUT2D eigenvalue weighted by molar-refractivity contribution is 9.10. The van der Waals surface area contributed by atoms with Crippen LogP contribution in [0.1, 0.15) is 25.3 Å². The van der Waals surface area contributed by atoms with Crippen LogP contribution in [0.2, 0.25) is 0 Å². The fourth-order valence-electron chi connectivity index (χ4n) is 1.35. The molecule has 0 spiro atoms. The zero-order chi connectivity index (χ0) is 14.1. The molecule has 0 aliphatic carbocycles. The molecule has 0 fully saturated rings. The average molecular weight is 344 g/mol. The first kappa shape index (κ1) is 15.9. The monoisotopic (exact) mass is 343 g/mol. The number of hydrazone groups is 1. The summed E-state index contributed by atoms with van der Waals surface area (Å²) >= 11 is 8.51. The lowest BCUT2D eigenvalue weighted by Gasteiger charge is -2.06. The molecule has 1 rings (SSSR count). The van der Waals surface area contributed by atoms with E-state index in [1.165, 1.54) is 0 Å². The molecule has 0 saturated carbocycles. The maximum atomic E-state index is 5.16. The molecule has 0 atom stereocenters. The number of rotatable bonds is 6. The van der Waals surface area contributed by atoms with Crippen LogP contribution in [0, 0.1) is 0 Å². The summed E-state index contributed by atoms with van der Waals surface area (Å²) < 4.78 is 6.05. The number of nitrogens with zero attached hydrogens (tertiary/aromatic N) is 1. The number of methoxy groups -OCH3 is 1. The molecular weight excluding hydrogens is 326 g/mol. The van der Waals surface area contributed by atoms with E-state index in [0.29, 0.717) is 5.11 Å². The lowest BCUT2D eigenvalue weighted by Crippen LogP contribution is -2.32. The van der Waals surface area contributed by atoms with E-state index in [1.54, 1.807) is 13.3 Å². The molecule has 104 valence electrons. The van der Waals surface area contributed by atoms with E-state index >= 15 is 0 Å². The number of benzene rings is 1. The van der Waals surface area contributed by atoms with Gasteiger partial charge in [0.15, 0.2) is 5.11 Å². The van der Waals surface area contributed by atoms with Gasteiger partial charge in [0.1, 0.15) is 5.75 Å². The van der Waals surface area contributed by atoms with Crippen LogP contribution in [-0.4, -0.2) is 25.0 Å². The van der Waals surface area contributed by atoms with Crippen LogP contribution >= 0.6 is 28.1 Å². The number of halogens is 1. The number of thiocarbonyl (C=S) groups is 1. The average Bonchev–Trinajstić information content (AvgIpc) is 2.39. The van der Waals surface area contributed by atoms with Gasteiger partial charge in [0.25, 0.3) is 0 Å². The van der Waals surface area contributed by atoms with Crippen LogP contribution in [0.5, 0.6) is 5.75 Å². The zero-order valence-electron chi connectivity index (χ0n) is 11.1. The van der Waals surface area contributed by atoms with Crippen LogP contribution in [-0.2, 0) is 0 Å². The van der Waals surface area contributed by atoms with Crippen molar-refractivity contribution < 1.29 is 4.74 Å². The van der Waals surface area contributed by atoms with Gasteiger partial charge in [-0.3, -0.25) is 5.43 Å². The van der Waals surface area contributed by atoms with Crippen LogP contribution < -0.4 is 15.5 Å². The van der Waals surface area contributed by atoms with E-state index in [9.17, 15) is 0 Å². The largest absolute Gasteiger partial charge is 0.496 e. The Morgan fingerprint density at radius 2 is 2.32 bits per heavy atom. The minimum atomic E-state index is 0.539. The molecule has 0 aliphatic rings. The predicted octanol–water partition coefficient (Wildman–Crippen LogP) is 3.06. The van der Waals surface area contributed by atoms with Crippen LogP contribution in [0.25, 0.3) is 0 Å². The maximum Gasteiger partial charge on any atom is 0.186 e. The Hall–Kier alpha value is -1.14. The molecule has 0 aromatic heterocycles. The lowest BCUT2D eigenvalue weighted by molar-refractivity contribution is 0.412. The third kappa shape index (κ3) is 6.02. The highest BCUT2D eigenvalue weighted by Crippen LogP contribution is 2.24. The topological polar surface area (TPSA) is 45.7 Å². The summed E-state index contributed by atoms with van der Waals surface area (Å²) in [5, 5.41) is 7.69. The molecule has 0 amide bonds. The molecule has 0 aliphatic heterocycles. The van der Waals surface area contributed by atoms with Gasteiger partial charge >= 0.3 is 0 Å². The summed E-state index contributed by atoms with van der Waals surface area (Å²) in [7, 11) is 1.63. The molecule has 1 aromatic carbocycles. The summed E-state index contributed by atoms with van der Waals surface area (Å²) in [5.41, 5.74) is 3.74. The summed E-state index contributed by atoms with van der Waals surface area (Å²) in [6.45, 7) is 3.00. The molecule has 19 heavy (non-hydrogen) atoms. The normalized spacial score (nSPS) is 10.5. The Balaban J connectivity index is 2.44. The molecule has 1 aromatic rings. The van der Waals surface area contributed by atoms with Gasteiger partial charge in [-0.1, -0.05) is 13.3 Å². The Morgan fingerprint density at radius 1 is 1.53 bits per heavy atom. The van der Waals surface area contributed by atoms with Crippen molar-refractivity contribution in [2.45, 2.75) is 19.8 Å². The molecule has 0 saturated heterocycles. The molecule has 0 radical (unpaired) electrons. The zero-order valence-corrected chi connectivity index (χ0v) is 13.5. The second kappa shape index (κ2) is 8.87. The maximum absolute atomic E-state index is 5.16. The van der Waals surface area contributed by atoms with Crippen molar-refractivity contribution in [3.05, 3.63) is 28.2 Å². The van der Waals surface area contributed by atoms with E-state index in [2.05, 4.69) is 38.7 Å². The van der Waals surface area contributed by atoms with Gasteiger partial charge in [0.05, 0.1) is 17.8 Å². The van der Waals surface area contributed by atoms with Crippen molar-refractivity contribution in [3.8, 4) is 5.75 Å². The Kier molecular flexibility index (Phi) is 7.43. The van der Waals surface area contributed by atoms with E-state index in [-0.39, 0.29) is 0 Å². The molecular formula is C13H18BrN3OS. The van der Waals surface area contributed by atoms with Gasteiger partial charge in [-0.2, -0.15) is 5.10 Å². The summed E-state index contributed by atoms with van der Waals surface area (Å²) in [4.78, 5) is 0. The first-order chi connectivity index (χ1) is 9.17. The van der Waals surface area contributed by atoms with Crippen LogP contribution in [0.3, 0.4) is 0 Å². The molecule has 0 bridgehead atoms. The van der Waals surface area contributed by atoms with E-state index in [1.807, 2.05) is 18.2 Å². The smallest absolute Gasteiger partial charge is 0.186 e. The molecule has 6 heteroatoms. The van der Waals surface area contributed by atoms with E-state index in [0.717, 1.165) is 35.2 Å². The Labute approximate surface area is 127 Å². The van der Waals surface area contributed by atoms with Crippen LogP contribution in [0.4, 0.5) is 0 Å². The van der Waals surface area contributed by atoms with Gasteiger partial charge < -0.3 is 10.1 Å². The SMILES string of the molecule is CCCCNC(=S)N/N=C\c1ccc(OC)c(Br)c1. The van der Waals surface area contributed by atoms with Gasteiger partial charge in [-0.25, -0.2) is 0 Å². The number of nitrogens with one attached hydrogen (secondary N) is 2. The minimum absolute atomic E-state index is 0.539. The summed E-state index contributed by atoms with van der Waals surface area (Å²) in [6, 6.07) is 5.73. The third-order valence-corrected chi connectivity index (χ3v) is 3.23. The minimum Gasteiger partial charge on any atom is -0.496 e. The van der Waals surface area contributed by atoms with Gasteiger partial charge in [0.2, 0.25) is 0 Å². The summed E-state index contributed by atoms with van der Waals surface area (Å²) in [6.07, 6.45) is 3.94. The number of hydrogen-bond donors (Lipinski definition) is 2. The highest BCUT2D eigenvalue weighted by Gasteiger charge is 1.99. The van der Waals surface area contributed by atoms with Crippen molar-refractivity contribution in [3.63, 3.8) is 0 Å². The standard InChI is InChI=1S/C13H18BrN3OS/c1-3-4-7-15-13(19)17-16-9-10-5-6-12(18-2)11(14)8-10/h5-6,8-9H,3-4,7H2,1-2H3,(H2,15,17,19)/b16-9-. The van der Waals surface area contributed by atoms with Crippen LogP contribution in [0.15, 0.2) is 27.8 Å². The van der Waals surface area contributed by atoms with Crippen molar-refractivity contribution >= 4 is 39.5 Å². The lowest BCUT2D eigenvalue weighted by atomic mass is 10.2. The van der Waals surface area contributed by atoms with E-state index < -0.39 is 0 Å². The third-order valence-electron chi connectivity index (χ3n) is 2.37. The second-order valence-corrected chi connectivity index (χ2v) is 5.14. The molecule has 2 N–H and O–H groups in total. The number of ether oxygens (including phenoxy) is 1. The fourth-order valence-corrected chi connectivity index (χ4v) is 2.06. The molecule has 0 unspecified atom stereocenters. The van der Waals surface area contributed by atoms with Gasteiger partial charge in [0, 0.05) is 6.54 Å². The van der Waals surface area contributed by atoms with Crippen molar-refractivity contribution in [2.75, 3.05) is 13.7 Å². The van der Waals surface area contributed by atoms with Crippen molar-refractivity contribution in [2.24, 2.45) is 5.10 Å². The molecule has 0 heterocycles. The second-order valence-electron chi connectivity index (χ2n) is 3.87. The van der Waals surface area contributed by atoms with Crippen molar-refractivity contribution in [1.82, 2.24) is 10.7 Å². The fraction of sp³-hybridized carbons (Fsp3) is 0.385. The van der Waals surface area contributed by atoms with Gasteiger partial charge in [-0.15, -0.1) is 0 Å². The number of hydrogen-bond acceptors (Lipinski definition) is 3. The van der Waals surface area contributed by atoms with E-state index in [4.69, 9.17) is 17.0 Å². The highest BCUT2D eigenvalue weighted by atomic mass is 79.9. The molecule has 4 nitrogen and oxygen atoms in total. The predicted molar refractivity (Wildman–Crippen MR) is 86.9 cm³/mol. The Bertz CT molecular complexity index is 452. The first-order valence-electron chi connectivity index (χ1n) is 6.07. The number of unbranched alkanes of at least 4 members (excludes halogenated alkanes) is 1.